The number of nitrogens with zero attached hydrogens (tertiary/aromatic N) is 2. The van der Waals surface area contributed by atoms with Gasteiger partial charge in [-0.1, -0.05) is 114 Å². The van der Waals surface area contributed by atoms with Crippen molar-refractivity contribution in [2.75, 3.05) is 0 Å². The molecule has 4 rings (SSSR count). The maximum absolute atomic E-state index is 5.07. The Kier molecular flexibility index (Phi) is 13.2. The molecule has 0 saturated heterocycles. The van der Waals surface area contributed by atoms with Gasteiger partial charge < -0.3 is 0 Å². The van der Waals surface area contributed by atoms with E-state index >= 15 is 0 Å². The molecule has 0 fully saturated rings. The molecular formula is C42H52N2. The van der Waals surface area contributed by atoms with Gasteiger partial charge in [-0.15, -0.1) is 0 Å². The van der Waals surface area contributed by atoms with Crippen molar-refractivity contribution in [2.45, 2.75) is 105 Å². The van der Waals surface area contributed by atoms with Gasteiger partial charge in [0.25, 0.3) is 0 Å². The smallest absolute Gasteiger partial charge is 0.0639 e. The highest BCUT2D eigenvalue weighted by molar-refractivity contribution is 6.30. The summed E-state index contributed by atoms with van der Waals surface area (Å²) in [6.07, 6.45) is 15.1. The lowest BCUT2D eigenvalue weighted by atomic mass is 9.88. The number of benzene rings is 4. The van der Waals surface area contributed by atoms with Crippen LogP contribution in [0, 0.1) is 6.92 Å². The molecule has 0 atom stereocenters. The van der Waals surface area contributed by atoms with Crippen molar-refractivity contribution >= 4 is 23.3 Å². The van der Waals surface area contributed by atoms with Crippen LogP contribution < -0.4 is 0 Å². The molecule has 0 radical (unpaired) electrons. The topological polar surface area (TPSA) is 24.7 Å². The molecule has 0 bridgehead atoms. The van der Waals surface area contributed by atoms with E-state index in [4.69, 9.17) is 9.98 Å². The second kappa shape index (κ2) is 17.5. The Morgan fingerprint density at radius 3 is 1.75 bits per heavy atom. The fraction of sp³-hybridized carbons (Fsp3) is 0.381. The minimum atomic E-state index is 0.927. The first-order valence-corrected chi connectivity index (χ1v) is 17.0. The van der Waals surface area contributed by atoms with Crippen molar-refractivity contribution < 1.29 is 0 Å². The van der Waals surface area contributed by atoms with Crippen LogP contribution in [0.25, 0.3) is 22.3 Å². The Labute approximate surface area is 267 Å². The Hall–Kier alpha value is -3.78. The van der Waals surface area contributed by atoms with E-state index in [9.17, 15) is 0 Å². The fourth-order valence-electron chi connectivity index (χ4n) is 6.03. The summed E-state index contributed by atoms with van der Waals surface area (Å²) in [6, 6.07) is 30.7. The van der Waals surface area contributed by atoms with Crippen LogP contribution in [0.3, 0.4) is 0 Å². The number of aliphatic imine (C=N–C) groups is 2. The van der Waals surface area contributed by atoms with E-state index in [1.807, 2.05) is 6.21 Å². The van der Waals surface area contributed by atoms with Gasteiger partial charge in [0.05, 0.1) is 17.1 Å². The molecule has 44 heavy (non-hydrogen) atoms. The largest absolute Gasteiger partial charge is 0.255 e. The molecular weight excluding hydrogens is 532 g/mol. The first-order valence-electron chi connectivity index (χ1n) is 17.0. The lowest BCUT2D eigenvalue weighted by molar-refractivity contribution is 0.665. The van der Waals surface area contributed by atoms with Gasteiger partial charge in [-0.2, -0.15) is 0 Å². The molecule has 0 heterocycles. The van der Waals surface area contributed by atoms with Crippen LogP contribution in [0.4, 0.5) is 11.4 Å². The third kappa shape index (κ3) is 9.36. The summed E-state index contributed by atoms with van der Waals surface area (Å²) in [7, 11) is 0. The number of rotatable bonds is 16. The van der Waals surface area contributed by atoms with Crippen LogP contribution in [0.1, 0.15) is 101 Å². The predicted molar refractivity (Wildman–Crippen MR) is 194 cm³/mol. The van der Waals surface area contributed by atoms with Crippen molar-refractivity contribution in [3.8, 4) is 22.3 Å². The summed E-state index contributed by atoms with van der Waals surface area (Å²) in [4.78, 5) is 10.1. The SMILES string of the molecule is CCCCCCc1cc(N=C(C)C=Nc2cc(CCCC)c(-c3ccccc3)c(-c3ccccc3)c2)cc(CCCC)c1C. The second-order valence-electron chi connectivity index (χ2n) is 12.2. The quantitative estimate of drug-likeness (QED) is 0.0924. The first kappa shape index (κ1) is 33.1. The van der Waals surface area contributed by atoms with Crippen molar-refractivity contribution in [3.05, 3.63) is 107 Å². The molecule has 0 aliphatic heterocycles. The van der Waals surface area contributed by atoms with Gasteiger partial charge in [0, 0.05) is 6.21 Å². The monoisotopic (exact) mass is 584 g/mol. The Bertz CT molecular complexity index is 1510. The lowest BCUT2D eigenvalue weighted by Crippen LogP contribution is -1.98. The first-order chi connectivity index (χ1) is 21.5. The molecule has 0 spiro atoms. The summed E-state index contributed by atoms with van der Waals surface area (Å²) in [6.45, 7) is 11.2. The van der Waals surface area contributed by atoms with E-state index in [0.717, 1.165) is 49.2 Å². The van der Waals surface area contributed by atoms with Crippen molar-refractivity contribution in [2.24, 2.45) is 9.98 Å². The minimum Gasteiger partial charge on any atom is -0.255 e. The molecule has 0 aromatic heterocycles. The van der Waals surface area contributed by atoms with Crippen LogP contribution in [0.5, 0.6) is 0 Å². The van der Waals surface area contributed by atoms with Crippen LogP contribution in [-0.2, 0) is 19.3 Å². The summed E-state index contributed by atoms with van der Waals surface area (Å²) in [5.74, 6) is 0. The molecule has 0 aliphatic carbocycles. The maximum Gasteiger partial charge on any atom is 0.0639 e. The highest BCUT2D eigenvalue weighted by Gasteiger charge is 2.15. The summed E-state index contributed by atoms with van der Waals surface area (Å²) < 4.78 is 0. The van der Waals surface area contributed by atoms with E-state index in [1.54, 1.807) is 0 Å². The molecule has 0 aliphatic rings. The van der Waals surface area contributed by atoms with Gasteiger partial charge in [-0.3, -0.25) is 9.98 Å². The van der Waals surface area contributed by atoms with E-state index < -0.39 is 0 Å². The minimum absolute atomic E-state index is 0.927. The Morgan fingerprint density at radius 1 is 0.591 bits per heavy atom. The van der Waals surface area contributed by atoms with Crippen LogP contribution in [-0.4, -0.2) is 11.9 Å². The molecule has 0 amide bonds. The Morgan fingerprint density at radius 2 is 1.14 bits per heavy atom. The highest BCUT2D eigenvalue weighted by Crippen LogP contribution is 2.39. The summed E-state index contributed by atoms with van der Waals surface area (Å²) in [5.41, 5.74) is 13.7. The number of aryl methyl sites for hydroxylation is 3. The van der Waals surface area contributed by atoms with Gasteiger partial charge in [-0.05, 0) is 121 Å². The molecule has 0 saturated carbocycles. The third-order valence-corrected chi connectivity index (χ3v) is 8.56. The summed E-state index contributed by atoms with van der Waals surface area (Å²) in [5, 5.41) is 0. The van der Waals surface area contributed by atoms with Crippen LogP contribution in [0.15, 0.2) is 94.9 Å². The zero-order valence-electron chi connectivity index (χ0n) is 27.8. The van der Waals surface area contributed by atoms with Gasteiger partial charge in [-0.25, -0.2) is 0 Å². The molecule has 4 aromatic carbocycles. The van der Waals surface area contributed by atoms with Gasteiger partial charge in [0.2, 0.25) is 0 Å². The molecule has 0 unspecified atom stereocenters. The average Bonchev–Trinajstić information content (AvgIpc) is 3.05. The number of unbranched alkanes of at least 4 members (excludes halogenated alkanes) is 5. The molecule has 0 N–H and O–H groups in total. The van der Waals surface area contributed by atoms with Gasteiger partial charge in [0.15, 0.2) is 0 Å². The van der Waals surface area contributed by atoms with Crippen molar-refractivity contribution in [3.63, 3.8) is 0 Å². The zero-order chi connectivity index (χ0) is 31.1. The van der Waals surface area contributed by atoms with Crippen molar-refractivity contribution in [1.29, 1.82) is 0 Å². The molecule has 230 valence electrons. The molecule has 2 nitrogen and oxygen atoms in total. The highest BCUT2D eigenvalue weighted by atomic mass is 14.8. The lowest BCUT2D eigenvalue weighted by Gasteiger charge is -2.17. The van der Waals surface area contributed by atoms with Gasteiger partial charge in [0.1, 0.15) is 0 Å². The fourth-order valence-corrected chi connectivity index (χ4v) is 6.03. The Balaban J connectivity index is 1.71. The van der Waals surface area contributed by atoms with Crippen LogP contribution >= 0.6 is 0 Å². The second-order valence-corrected chi connectivity index (χ2v) is 12.2. The van der Waals surface area contributed by atoms with Crippen LogP contribution in [0.2, 0.25) is 0 Å². The standard InChI is InChI=1S/C42H52N2/c1-6-9-12-15-26-37-28-40(27-36(33(37)5)20-10-7-2)44-32(4)31-43-39-29-38(21-11-8-3)42(35-24-18-14-19-25-35)41(30-39)34-22-16-13-17-23-34/h13-14,16-19,22-25,27-31H,6-12,15,20-21,26H2,1-5H3. The molecule has 2 heteroatoms. The van der Waals surface area contributed by atoms with Gasteiger partial charge >= 0.3 is 0 Å². The number of hydrogen-bond acceptors (Lipinski definition) is 2. The average molecular weight is 585 g/mol. The van der Waals surface area contributed by atoms with E-state index in [-0.39, 0.29) is 0 Å². The number of hydrogen-bond donors (Lipinski definition) is 0. The molecule has 4 aromatic rings. The maximum atomic E-state index is 5.07. The summed E-state index contributed by atoms with van der Waals surface area (Å²) >= 11 is 0. The van der Waals surface area contributed by atoms with Crippen molar-refractivity contribution in [1.82, 2.24) is 0 Å². The predicted octanol–water partition coefficient (Wildman–Crippen LogP) is 12.6. The van der Waals surface area contributed by atoms with E-state index in [0.29, 0.717) is 0 Å². The normalized spacial score (nSPS) is 11.9. The van der Waals surface area contributed by atoms with E-state index in [1.165, 1.54) is 83.0 Å². The third-order valence-electron chi connectivity index (χ3n) is 8.56. The van der Waals surface area contributed by atoms with E-state index in [2.05, 4.69) is 120 Å². The zero-order valence-corrected chi connectivity index (χ0v) is 27.8.